The zero-order chi connectivity index (χ0) is 12.4. The summed E-state index contributed by atoms with van der Waals surface area (Å²) in [5.41, 5.74) is 4.63. The first-order valence-corrected chi connectivity index (χ1v) is 6.21. The molecule has 0 spiro atoms. The maximum absolute atomic E-state index is 8.77. The SMILES string of the molecule is N#Cc1ccc(NC2CCc3ccccc32)cc1. The number of hydrogen-bond acceptors (Lipinski definition) is 2. The van der Waals surface area contributed by atoms with Crippen molar-refractivity contribution in [1.29, 1.82) is 5.26 Å². The molecule has 2 heteroatoms. The van der Waals surface area contributed by atoms with Gasteiger partial charge in [0, 0.05) is 5.69 Å². The summed E-state index contributed by atoms with van der Waals surface area (Å²) < 4.78 is 0. The highest BCUT2D eigenvalue weighted by atomic mass is 14.9. The van der Waals surface area contributed by atoms with Gasteiger partial charge in [0.25, 0.3) is 0 Å². The van der Waals surface area contributed by atoms with E-state index in [4.69, 9.17) is 5.26 Å². The number of nitrogens with one attached hydrogen (secondary N) is 1. The second-order valence-corrected chi connectivity index (χ2v) is 4.62. The highest BCUT2D eigenvalue weighted by Crippen LogP contribution is 2.33. The van der Waals surface area contributed by atoms with Crippen LogP contribution < -0.4 is 5.32 Å². The van der Waals surface area contributed by atoms with E-state index >= 15 is 0 Å². The molecule has 0 bridgehead atoms. The Kier molecular flexibility index (Phi) is 2.74. The first-order chi connectivity index (χ1) is 8.86. The molecule has 1 aliphatic rings. The van der Waals surface area contributed by atoms with E-state index in [1.54, 1.807) is 0 Å². The Hall–Kier alpha value is -2.27. The van der Waals surface area contributed by atoms with Crippen molar-refractivity contribution in [3.8, 4) is 6.07 Å². The molecular formula is C16H14N2. The number of rotatable bonds is 2. The quantitative estimate of drug-likeness (QED) is 0.860. The lowest BCUT2D eigenvalue weighted by Crippen LogP contribution is -2.06. The monoisotopic (exact) mass is 234 g/mol. The largest absolute Gasteiger partial charge is 0.378 e. The van der Waals surface area contributed by atoms with Crippen molar-refractivity contribution < 1.29 is 0 Å². The number of anilines is 1. The Morgan fingerprint density at radius 1 is 1.06 bits per heavy atom. The summed E-state index contributed by atoms with van der Waals surface area (Å²) in [6.45, 7) is 0. The summed E-state index contributed by atoms with van der Waals surface area (Å²) >= 11 is 0. The number of aryl methyl sites for hydroxylation is 1. The Morgan fingerprint density at radius 3 is 2.61 bits per heavy atom. The zero-order valence-corrected chi connectivity index (χ0v) is 10.1. The van der Waals surface area contributed by atoms with Gasteiger partial charge in [-0.3, -0.25) is 0 Å². The van der Waals surface area contributed by atoms with Crippen molar-refractivity contribution in [3.05, 3.63) is 65.2 Å². The van der Waals surface area contributed by atoms with E-state index < -0.39 is 0 Å². The first-order valence-electron chi connectivity index (χ1n) is 6.21. The molecule has 2 nitrogen and oxygen atoms in total. The van der Waals surface area contributed by atoms with Gasteiger partial charge in [0.05, 0.1) is 17.7 Å². The summed E-state index contributed by atoms with van der Waals surface area (Å²) in [5.74, 6) is 0. The van der Waals surface area contributed by atoms with Crippen LogP contribution in [0.4, 0.5) is 5.69 Å². The molecule has 2 aromatic rings. The van der Waals surface area contributed by atoms with Crippen LogP contribution in [0.1, 0.15) is 29.2 Å². The topological polar surface area (TPSA) is 35.8 Å². The van der Waals surface area contributed by atoms with Gasteiger partial charge in [-0.2, -0.15) is 5.26 Å². The number of nitrogens with zero attached hydrogens (tertiary/aromatic N) is 1. The standard InChI is InChI=1S/C16H14N2/c17-11-12-5-8-14(9-6-12)18-16-10-7-13-3-1-2-4-15(13)16/h1-6,8-9,16,18H,7,10H2. The molecule has 1 N–H and O–H groups in total. The lowest BCUT2D eigenvalue weighted by atomic mass is 10.1. The Bertz CT molecular complexity index is 593. The highest BCUT2D eigenvalue weighted by Gasteiger charge is 2.21. The van der Waals surface area contributed by atoms with Crippen molar-refractivity contribution in [3.63, 3.8) is 0 Å². The lowest BCUT2D eigenvalue weighted by Gasteiger charge is -2.15. The summed E-state index contributed by atoms with van der Waals surface area (Å²) in [5, 5.41) is 12.3. The van der Waals surface area contributed by atoms with Gasteiger partial charge in [0.15, 0.2) is 0 Å². The van der Waals surface area contributed by atoms with Crippen LogP contribution in [0.3, 0.4) is 0 Å². The molecule has 0 radical (unpaired) electrons. The lowest BCUT2D eigenvalue weighted by molar-refractivity contribution is 0.762. The number of benzene rings is 2. The van der Waals surface area contributed by atoms with E-state index in [2.05, 4.69) is 35.7 Å². The molecule has 1 unspecified atom stereocenters. The second-order valence-electron chi connectivity index (χ2n) is 4.62. The highest BCUT2D eigenvalue weighted by molar-refractivity contribution is 5.50. The molecule has 2 aromatic carbocycles. The third-order valence-electron chi connectivity index (χ3n) is 3.49. The van der Waals surface area contributed by atoms with Crippen LogP contribution in [-0.2, 0) is 6.42 Å². The second kappa shape index (κ2) is 4.54. The fraction of sp³-hybridized carbons (Fsp3) is 0.188. The van der Waals surface area contributed by atoms with E-state index in [1.807, 2.05) is 24.3 Å². The minimum Gasteiger partial charge on any atom is -0.378 e. The summed E-state index contributed by atoms with van der Waals surface area (Å²) in [4.78, 5) is 0. The van der Waals surface area contributed by atoms with E-state index in [1.165, 1.54) is 11.1 Å². The smallest absolute Gasteiger partial charge is 0.0991 e. The third-order valence-corrected chi connectivity index (χ3v) is 3.49. The van der Waals surface area contributed by atoms with Crippen LogP contribution >= 0.6 is 0 Å². The van der Waals surface area contributed by atoms with Crippen LogP contribution in [0.15, 0.2) is 48.5 Å². The number of hydrogen-bond donors (Lipinski definition) is 1. The summed E-state index contributed by atoms with van der Waals surface area (Å²) in [7, 11) is 0. The molecular weight excluding hydrogens is 220 g/mol. The van der Waals surface area contributed by atoms with Gasteiger partial charge in [-0.1, -0.05) is 24.3 Å². The fourth-order valence-electron chi connectivity index (χ4n) is 2.55. The van der Waals surface area contributed by atoms with Gasteiger partial charge in [0.1, 0.15) is 0 Å². The van der Waals surface area contributed by atoms with Crippen molar-refractivity contribution in [2.75, 3.05) is 5.32 Å². The molecule has 0 fully saturated rings. The minimum atomic E-state index is 0.397. The fourth-order valence-corrected chi connectivity index (χ4v) is 2.55. The predicted molar refractivity (Wildman–Crippen MR) is 72.3 cm³/mol. The van der Waals surface area contributed by atoms with Crippen LogP contribution in [-0.4, -0.2) is 0 Å². The van der Waals surface area contributed by atoms with Crippen molar-refractivity contribution in [2.45, 2.75) is 18.9 Å². The first kappa shape index (κ1) is 10.9. The van der Waals surface area contributed by atoms with E-state index in [9.17, 15) is 0 Å². The van der Waals surface area contributed by atoms with Gasteiger partial charge in [0.2, 0.25) is 0 Å². The molecule has 1 atom stereocenters. The predicted octanol–water partition coefficient (Wildman–Crippen LogP) is 3.66. The molecule has 0 aliphatic heterocycles. The zero-order valence-electron chi connectivity index (χ0n) is 10.1. The maximum atomic E-state index is 8.77. The number of nitriles is 1. The molecule has 3 rings (SSSR count). The Balaban J connectivity index is 1.80. The molecule has 0 saturated carbocycles. The Morgan fingerprint density at radius 2 is 1.83 bits per heavy atom. The normalized spacial score (nSPS) is 16.9. The molecule has 88 valence electrons. The molecule has 0 saturated heterocycles. The van der Waals surface area contributed by atoms with Gasteiger partial charge >= 0.3 is 0 Å². The Labute approximate surface area is 107 Å². The summed E-state index contributed by atoms with van der Waals surface area (Å²) in [6.07, 6.45) is 2.28. The van der Waals surface area contributed by atoms with E-state index in [-0.39, 0.29) is 0 Å². The maximum Gasteiger partial charge on any atom is 0.0991 e. The number of fused-ring (bicyclic) bond motifs is 1. The van der Waals surface area contributed by atoms with E-state index in [0.717, 1.165) is 18.5 Å². The molecule has 1 aliphatic carbocycles. The van der Waals surface area contributed by atoms with Crippen molar-refractivity contribution in [2.24, 2.45) is 0 Å². The molecule has 0 heterocycles. The van der Waals surface area contributed by atoms with Gasteiger partial charge < -0.3 is 5.32 Å². The third kappa shape index (κ3) is 1.96. The van der Waals surface area contributed by atoms with Crippen molar-refractivity contribution >= 4 is 5.69 Å². The average molecular weight is 234 g/mol. The molecule has 0 amide bonds. The van der Waals surface area contributed by atoms with Crippen molar-refractivity contribution in [1.82, 2.24) is 0 Å². The van der Waals surface area contributed by atoms with E-state index in [0.29, 0.717) is 11.6 Å². The van der Waals surface area contributed by atoms with Gasteiger partial charge in [-0.15, -0.1) is 0 Å². The summed E-state index contributed by atoms with van der Waals surface area (Å²) in [6, 6.07) is 18.8. The van der Waals surface area contributed by atoms with Crippen LogP contribution in [0.2, 0.25) is 0 Å². The van der Waals surface area contributed by atoms with Crippen LogP contribution in [0.5, 0.6) is 0 Å². The van der Waals surface area contributed by atoms with Crippen LogP contribution in [0, 0.1) is 11.3 Å². The average Bonchev–Trinajstić information content (AvgIpc) is 2.83. The van der Waals surface area contributed by atoms with Gasteiger partial charge in [-0.25, -0.2) is 0 Å². The minimum absolute atomic E-state index is 0.397. The van der Waals surface area contributed by atoms with Gasteiger partial charge in [-0.05, 0) is 48.2 Å². The molecule has 0 aromatic heterocycles. The van der Waals surface area contributed by atoms with Crippen LogP contribution in [0.25, 0.3) is 0 Å². The molecule has 18 heavy (non-hydrogen) atoms.